The van der Waals surface area contributed by atoms with E-state index in [0.717, 1.165) is 12.1 Å². The summed E-state index contributed by atoms with van der Waals surface area (Å²) in [5.74, 6) is -0.0824. The van der Waals surface area contributed by atoms with Crippen molar-refractivity contribution in [2.24, 2.45) is 5.73 Å². The quantitative estimate of drug-likeness (QED) is 0.799. The Hall–Kier alpha value is -0.810. The van der Waals surface area contributed by atoms with Crippen LogP contribution in [-0.4, -0.2) is 43.0 Å². The molecular formula is C15H27Cl2N3O. The minimum atomic E-state index is -0.480. The second-order valence-corrected chi connectivity index (χ2v) is 5.16. The van der Waals surface area contributed by atoms with Gasteiger partial charge in [0.1, 0.15) is 0 Å². The summed E-state index contributed by atoms with van der Waals surface area (Å²) < 4.78 is 0. The SMILES string of the molecule is CC(C)N(C)CCNC(=O)C(N)Cc1ccccc1.Cl.Cl. The Morgan fingerprint density at radius 2 is 1.81 bits per heavy atom. The number of rotatable bonds is 7. The molecule has 0 aliphatic heterocycles. The molecule has 0 bridgehead atoms. The van der Waals surface area contributed by atoms with Gasteiger partial charge in [-0.1, -0.05) is 30.3 Å². The first kappa shape index (κ1) is 22.5. The van der Waals surface area contributed by atoms with Crippen LogP contribution in [0.15, 0.2) is 30.3 Å². The summed E-state index contributed by atoms with van der Waals surface area (Å²) in [7, 11) is 2.04. The highest BCUT2D eigenvalue weighted by Crippen LogP contribution is 2.01. The van der Waals surface area contributed by atoms with Crippen molar-refractivity contribution in [2.45, 2.75) is 32.4 Å². The van der Waals surface area contributed by atoms with E-state index in [2.05, 4.69) is 24.1 Å². The van der Waals surface area contributed by atoms with E-state index in [9.17, 15) is 4.79 Å². The molecule has 0 aliphatic rings. The zero-order valence-electron chi connectivity index (χ0n) is 12.9. The van der Waals surface area contributed by atoms with Crippen LogP contribution in [0.4, 0.5) is 0 Å². The molecule has 0 heterocycles. The second kappa shape index (κ2) is 11.8. The number of hydrogen-bond donors (Lipinski definition) is 2. The molecule has 0 saturated carbocycles. The molecule has 1 aromatic rings. The lowest BCUT2D eigenvalue weighted by Gasteiger charge is -2.21. The van der Waals surface area contributed by atoms with Gasteiger partial charge in [0.05, 0.1) is 6.04 Å². The van der Waals surface area contributed by atoms with Crippen LogP contribution in [0, 0.1) is 0 Å². The molecule has 21 heavy (non-hydrogen) atoms. The van der Waals surface area contributed by atoms with Gasteiger partial charge in [0.2, 0.25) is 5.91 Å². The van der Waals surface area contributed by atoms with E-state index in [1.54, 1.807) is 0 Å². The normalized spacial score (nSPS) is 11.5. The van der Waals surface area contributed by atoms with Crippen molar-refractivity contribution < 1.29 is 4.79 Å². The predicted octanol–water partition coefficient (Wildman–Crippen LogP) is 1.86. The van der Waals surface area contributed by atoms with Gasteiger partial charge < -0.3 is 16.0 Å². The zero-order chi connectivity index (χ0) is 14.3. The van der Waals surface area contributed by atoms with Crippen LogP contribution in [0.3, 0.4) is 0 Å². The third kappa shape index (κ3) is 8.94. The monoisotopic (exact) mass is 335 g/mol. The third-order valence-electron chi connectivity index (χ3n) is 3.28. The highest BCUT2D eigenvalue weighted by atomic mass is 35.5. The summed E-state index contributed by atoms with van der Waals surface area (Å²) in [5.41, 5.74) is 6.99. The number of amides is 1. The maximum absolute atomic E-state index is 11.8. The van der Waals surface area contributed by atoms with Crippen LogP contribution in [0.25, 0.3) is 0 Å². The number of carbonyl (C=O) groups excluding carboxylic acids is 1. The topological polar surface area (TPSA) is 58.4 Å². The van der Waals surface area contributed by atoms with Crippen molar-refractivity contribution in [3.63, 3.8) is 0 Å². The van der Waals surface area contributed by atoms with Crippen LogP contribution in [0.1, 0.15) is 19.4 Å². The predicted molar refractivity (Wildman–Crippen MR) is 93.4 cm³/mol. The fourth-order valence-corrected chi connectivity index (χ4v) is 1.71. The smallest absolute Gasteiger partial charge is 0.237 e. The largest absolute Gasteiger partial charge is 0.353 e. The molecule has 0 aliphatic carbocycles. The average Bonchev–Trinajstić information content (AvgIpc) is 2.39. The molecule has 1 aromatic carbocycles. The Morgan fingerprint density at radius 1 is 1.24 bits per heavy atom. The molecule has 0 fully saturated rings. The fraction of sp³-hybridized carbons (Fsp3) is 0.533. The summed E-state index contributed by atoms with van der Waals surface area (Å²) in [6, 6.07) is 9.84. The van der Waals surface area contributed by atoms with Gasteiger partial charge in [0.15, 0.2) is 0 Å². The molecule has 0 radical (unpaired) electrons. The Labute approximate surface area is 140 Å². The molecule has 3 N–H and O–H groups in total. The second-order valence-electron chi connectivity index (χ2n) is 5.16. The molecule has 1 unspecified atom stereocenters. The summed E-state index contributed by atoms with van der Waals surface area (Å²) >= 11 is 0. The number of halogens is 2. The molecule has 0 aromatic heterocycles. The van der Waals surface area contributed by atoms with E-state index < -0.39 is 6.04 Å². The van der Waals surface area contributed by atoms with Crippen LogP contribution in [-0.2, 0) is 11.2 Å². The minimum Gasteiger partial charge on any atom is -0.353 e. The van der Waals surface area contributed by atoms with Crippen molar-refractivity contribution in [3.05, 3.63) is 35.9 Å². The first-order valence-electron chi connectivity index (χ1n) is 6.78. The number of nitrogens with one attached hydrogen (secondary N) is 1. The van der Waals surface area contributed by atoms with E-state index in [0.29, 0.717) is 19.0 Å². The number of nitrogens with zero attached hydrogens (tertiary/aromatic N) is 1. The summed E-state index contributed by atoms with van der Waals surface area (Å²) in [6.07, 6.45) is 0.576. The van der Waals surface area contributed by atoms with E-state index in [1.807, 2.05) is 37.4 Å². The average molecular weight is 336 g/mol. The van der Waals surface area contributed by atoms with E-state index in [-0.39, 0.29) is 30.7 Å². The number of likely N-dealkylation sites (N-methyl/N-ethyl adjacent to an activating group) is 1. The number of hydrogen-bond acceptors (Lipinski definition) is 3. The lowest BCUT2D eigenvalue weighted by Crippen LogP contribution is -2.44. The van der Waals surface area contributed by atoms with Crippen LogP contribution in [0.2, 0.25) is 0 Å². The summed E-state index contributed by atoms with van der Waals surface area (Å²) in [5, 5.41) is 2.88. The third-order valence-corrected chi connectivity index (χ3v) is 3.28. The lowest BCUT2D eigenvalue weighted by molar-refractivity contribution is -0.122. The van der Waals surface area contributed by atoms with Gasteiger partial charge >= 0.3 is 0 Å². The minimum absolute atomic E-state index is 0. The van der Waals surface area contributed by atoms with E-state index in [1.165, 1.54) is 0 Å². The van der Waals surface area contributed by atoms with Gasteiger partial charge in [-0.2, -0.15) is 0 Å². The first-order valence-corrected chi connectivity index (χ1v) is 6.78. The van der Waals surface area contributed by atoms with Crippen LogP contribution < -0.4 is 11.1 Å². The summed E-state index contributed by atoms with van der Waals surface area (Å²) in [6.45, 7) is 5.73. The standard InChI is InChI=1S/C15H25N3O.2ClH/c1-12(2)18(3)10-9-17-15(19)14(16)11-13-7-5-4-6-8-13;;/h4-8,12,14H,9-11,16H2,1-3H3,(H,17,19);2*1H. The van der Waals surface area contributed by atoms with Crippen LogP contribution >= 0.6 is 24.8 Å². The van der Waals surface area contributed by atoms with Gasteiger partial charge in [-0.15, -0.1) is 24.8 Å². The molecule has 1 rings (SSSR count). The number of carbonyl (C=O) groups is 1. The van der Waals surface area contributed by atoms with Gasteiger partial charge in [-0.3, -0.25) is 4.79 Å². The van der Waals surface area contributed by atoms with Gasteiger partial charge in [0.25, 0.3) is 0 Å². The molecule has 122 valence electrons. The number of benzene rings is 1. The Balaban J connectivity index is 0. The van der Waals surface area contributed by atoms with Crippen molar-refractivity contribution in [1.82, 2.24) is 10.2 Å². The maximum Gasteiger partial charge on any atom is 0.237 e. The maximum atomic E-state index is 11.8. The first-order chi connectivity index (χ1) is 9.00. The molecule has 0 saturated heterocycles. The highest BCUT2D eigenvalue weighted by Gasteiger charge is 2.13. The Morgan fingerprint density at radius 3 is 2.33 bits per heavy atom. The van der Waals surface area contributed by atoms with Crippen molar-refractivity contribution in [2.75, 3.05) is 20.1 Å². The van der Waals surface area contributed by atoms with Crippen LogP contribution in [0.5, 0.6) is 0 Å². The van der Waals surface area contributed by atoms with Gasteiger partial charge in [-0.05, 0) is 32.9 Å². The van der Waals surface area contributed by atoms with Gasteiger partial charge in [-0.25, -0.2) is 0 Å². The van der Waals surface area contributed by atoms with E-state index in [4.69, 9.17) is 5.73 Å². The summed E-state index contributed by atoms with van der Waals surface area (Å²) in [4.78, 5) is 14.0. The zero-order valence-corrected chi connectivity index (χ0v) is 14.5. The molecule has 1 atom stereocenters. The Bertz CT molecular complexity index is 388. The lowest BCUT2D eigenvalue weighted by atomic mass is 10.1. The van der Waals surface area contributed by atoms with Crippen molar-refractivity contribution >= 4 is 30.7 Å². The van der Waals surface area contributed by atoms with Crippen molar-refractivity contribution in [3.8, 4) is 0 Å². The molecule has 4 nitrogen and oxygen atoms in total. The van der Waals surface area contributed by atoms with Gasteiger partial charge in [0, 0.05) is 19.1 Å². The van der Waals surface area contributed by atoms with Crippen molar-refractivity contribution in [1.29, 1.82) is 0 Å². The highest BCUT2D eigenvalue weighted by molar-refractivity contribution is 5.85. The number of nitrogens with two attached hydrogens (primary N) is 1. The molecular weight excluding hydrogens is 309 g/mol. The molecule has 1 amide bonds. The Kier molecular flexibility index (Phi) is 12.6. The van der Waals surface area contributed by atoms with E-state index >= 15 is 0 Å². The molecule has 0 spiro atoms. The molecule has 6 heteroatoms. The fourth-order valence-electron chi connectivity index (χ4n) is 1.71.